The fraction of sp³-hybridized carbons (Fsp3) is 0.833. The third-order valence-electron chi connectivity index (χ3n) is 5.56. The normalized spacial score (nSPS) is 24.3. The summed E-state index contributed by atoms with van der Waals surface area (Å²) in [6.07, 6.45) is 8.84. The molecule has 6 nitrogen and oxygen atoms in total. The Morgan fingerprint density at radius 3 is 2.79 bits per heavy atom. The van der Waals surface area contributed by atoms with E-state index in [2.05, 4.69) is 28.6 Å². The van der Waals surface area contributed by atoms with Crippen LogP contribution in [0.3, 0.4) is 0 Å². The number of carbonyl (C=O) groups excluding carboxylic acids is 1. The topological polar surface area (TPSA) is 71.2 Å². The number of hydrogen-bond acceptors (Lipinski definition) is 4. The van der Waals surface area contributed by atoms with Crippen LogP contribution in [-0.2, 0) is 4.79 Å². The van der Waals surface area contributed by atoms with Crippen molar-refractivity contribution in [3.63, 3.8) is 0 Å². The summed E-state index contributed by atoms with van der Waals surface area (Å²) in [6.45, 7) is 5.73. The molecule has 2 heterocycles. The maximum absolute atomic E-state index is 12.7. The predicted octanol–water partition coefficient (Wildman–Crippen LogP) is 2.65. The molecule has 3 rings (SSSR count). The zero-order valence-electron chi connectivity index (χ0n) is 14.9. The van der Waals surface area contributed by atoms with Crippen molar-refractivity contribution in [3.05, 3.63) is 12.2 Å². The van der Waals surface area contributed by atoms with Crippen LogP contribution in [0.2, 0.25) is 0 Å². The summed E-state index contributed by atoms with van der Waals surface area (Å²) in [5.74, 6) is 1.33. The summed E-state index contributed by atoms with van der Waals surface area (Å²) in [5.41, 5.74) is -0.778. The molecule has 6 heteroatoms. The smallest absolute Gasteiger partial charge is 0.225 e. The maximum Gasteiger partial charge on any atom is 0.225 e. The van der Waals surface area contributed by atoms with Crippen molar-refractivity contribution in [2.24, 2.45) is 0 Å². The number of likely N-dealkylation sites (tertiary alicyclic amines) is 1. The van der Waals surface area contributed by atoms with Crippen LogP contribution >= 0.6 is 0 Å². The Morgan fingerprint density at radius 2 is 2.08 bits per heavy atom. The highest BCUT2D eigenvalue weighted by Crippen LogP contribution is 2.33. The Bertz CT molecular complexity index is 563. The van der Waals surface area contributed by atoms with Crippen molar-refractivity contribution in [1.82, 2.24) is 19.7 Å². The zero-order valence-corrected chi connectivity index (χ0v) is 14.9. The van der Waals surface area contributed by atoms with Crippen LogP contribution in [0.25, 0.3) is 0 Å². The summed E-state index contributed by atoms with van der Waals surface area (Å²) in [5, 5.41) is 19.0. The average molecular weight is 334 g/mol. The first-order valence-corrected chi connectivity index (χ1v) is 9.38. The van der Waals surface area contributed by atoms with Gasteiger partial charge in [0.25, 0.3) is 0 Å². The lowest BCUT2D eigenvalue weighted by molar-refractivity contribution is -0.139. The summed E-state index contributed by atoms with van der Waals surface area (Å²) in [6, 6.07) is 0.323. The van der Waals surface area contributed by atoms with Gasteiger partial charge in [0.1, 0.15) is 12.2 Å². The monoisotopic (exact) mass is 334 g/mol. The van der Waals surface area contributed by atoms with E-state index in [9.17, 15) is 9.90 Å². The van der Waals surface area contributed by atoms with E-state index in [0.29, 0.717) is 12.6 Å². The molecule has 2 fully saturated rings. The number of aromatic nitrogens is 3. The van der Waals surface area contributed by atoms with Gasteiger partial charge in [0.15, 0.2) is 0 Å². The van der Waals surface area contributed by atoms with Gasteiger partial charge in [-0.2, -0.15) is 0 Å². The van der Waals surface area contributed by atoms with Gasteiger partial charge in [0.05, 0.1) is 12.0 Å². The lowest BCUT2D eigenvalue weighted by Gasteiger charge is -2.37. The largest absolute Gasteiger partial charge is 0.389 e. The van der Waals surface area contributed by atoms with E-state index in [-0.39, 0.29) is 18.2 Å². The van der Waals surface area contributed by atoms with Gasteiger partial charge in [-0.15, -0.1) is 10.2 Å². The van der Waals surface area contributed by atoms with E-state index in [0.717, 1.165) is 50.9 Å². The van der Waals surface area contributed by atoms with Crippen molar-refractivity contribution < 1.29 is 9.90 Å². The lowest BCUT2D eigenvalue weighted by atomic mass is 9.82. The van der Waals surface area contributed by atoms with Gasteiger partial charge in [-0.3, -0.25) is 4.79 Å². The molecule has 0 radical (unpaired) electrons. The fourth-order valence-corrected chi connectivity index (χ4v) is 4.14. The average Bonchev–Trinajstić information content (AvgIpc) is 3.05. The van der Waals surface area contributed by atoms with Gasteiger partial charge in [-0.1, -0.05) is 19.3 Å². The number of piperidine rings is 1. The molecule has 1 aliphatic heterocycles. The van der Waals surface area contributed by atoms with Crippen molar-refractivity contribution in [1.29, 1.82) is 0 Å². The summed E-state index contributed by atoms with van der Waals surface area (Å²) in [4.78, 5) is 14.7. The lowest BCUT2D eigenvalue weighted by Crippen LogP contribution is -2.44. The van der Waals surface area contributed by atoms with E-state index in [1.165, 1.54) is 6.42 Å². The Balaban J connectivity index is 1.64. The van der Waals surface area contributed by atoms with Gasteiger partial charge in [-0.05, 0) is 39.5 Å². The second-order valence-corrected chi connectivity index (χ2v) is 7.83. The molecule has 1 unspecified atom stereocenters. The minimum Gasteiger partial charge on any atom is -0.389 e. The van der Waals surface area contributed by atoms with Crippen LogP contribution in [-0.4, -0.2) is 49.4 Å². The van der Waals surface area contributed by atoms with Crippen molar-refractivity contribution in [2.75, 3.05) is 13.1 Å². The Hall–Kier alpha value is -1.43. The molecule has 1 atom stereocenters. The van der Waals surface area contributed by atoms with Crippen LogP contribution in [0.1, 0.15) is 83.0 Å². The van der Waals surface area contributed by atoms with Gasteiger partial charge in [-0.25, -0.2) is 0 Å². The Labute approximate surface area is 144 Å². The van der Waals surface area contributed by atoms with E-state index >= 15 is 0 Å². The van der Waals surface area contributed by atoms with E-state index in [1.807, 2.05) is 4.90 Å². The number of amides is 1. The number of carbonyl (C=O) groups is 1. The number of nitrogens with zero attached hydrogens (tertiary/aromatic N) is 4. The highest BCUT2D eigenvalue weighted by atomic mass is 16.3. The molecule has 2 aliphatic rings. The molecule has 1 aliphatic carbocycles. The second kappa shape index (κ2) is 7.21. The number of rotatable bonds is 4. The van der Waals surface area contributed by atoms with Crippen molar-refractivity contribution >= 4 is 5.91 Å². The molecule has 1 aromatic heterocycles. The Kier molecular flexibility index (Phi) is 5.23. The quantitative estimate of drug-likeness (QED) is 0.919. The van der Waals surface area contributed by atoms with Gasteiger partial charge in [0.2, 0.25) is 5.91 Å². The van der Waals surface area contributed by atoms with Gasteiger partial charge < -0.3 is 14.6 Å². The van der Waals surface area contributed by atoms with Crippen LogP contribution < -0.4 is 0 Å². The molecular formula is C18H30N4O2. The maximum atomic E-state index is 12.7. The molecular weight excluding hydrogens is 304 g/mol. The SMILES string of the molecule is CC(C)n1cnnc1C1CCCN(C(=O)CC2(O)CCCCC2)C1. The third kappa shape index (κ3) is 3.79. The van der Waals surface area contributed by atoms with Crippen LogP contribution in [0.15, 0.2) is 6.33 Å². The van der Waals surface area contributed by atoms with Crippen molar-refractivity contribution in [3.8, 4) is 0 Å². The highest BCUT2D eigenvalue weighted by molar-refractivity contribution is 5.77. The van der Waals surface area contributed by atoms with Crippen LogP contribution in [0.4, 0.5) is 0 Å². The Morgan fingerprint density at radius 1 is 1.33 bits per heavy atom. The van der Waals surface area contributed by atoms with E-state index < -0.39 is 5.60 Å². The summed E-state index contributed by atoms with van der Waals surface area (Å²) in [7, 11) is 0. The molecule has 0 spiro atoms. The molecule has 1 N–H and O–H groups in total. The first-order chi connectivity index (χ1) is 11.5. The number of aliphatic hydroxyl groups is 1. The molecule has 1 amide bonds. The minimum absolute atomic E-state index is 0.0970. The van der Waals surface area contributed by atoms with E-state index in [4.69, 9.17) is 0 Å². The minimum atomic E-state index is -0.778. The first-order valence-electron chi connectivity index (χ1n) is 9.38. The molecule has 1 saturated heterocycles. The number of hydrogen-bond donors (Lipinski definition) is 1. The molecule has 0 bridgehead atoms. The molecule has 1 saturated carbocycles. The second-order valence-electron chi connectivity index (χ2n) is 7.83. The summed E-state index contributed by atoms with van der Waals surface area (Å²) >= 11 is 0. The van der Waals surface area contributed by atoms with Gasteiger partial charge in [0, 0.05) is 25.0 Å². The highest BCUT2D eigenvalue weighted by Gasteiger charge is 2.35. The molecule has 0 aromatic carbocycles. The first kappa shape index (κ1) is 17.4. The van der Waals surface area contributed by atoms with Gasteiger partial charge >= 0.3 is 0 Å². The zero-order chi connectivity index (χ0) is 17.2. The summed E-state index contributed by atoms with van der Waals surface area (Å²) < 4.78 is 2.10. The molecule has 1 aromatic rings. The van der Waals surface area contributed by atoms with Crippen LogP contribution in [0.5, 0.6) is 0 Å². The third-order valence-corrected chi connectivity index (χ3v) is 5.56. The molecule has 24 heavy (non-hydrogen) atoms. The fourth-order valence-electron chi connectivity index (χ4n) is 4.14. The predicted molar refractivity (Wildman–Crippen MR) is 91.6 cm³/mol. The van der Waals surface area contributed by atoms with Crippen LogP contribution in [0, 0.1) is 0 Å². The van der Waals surface area contributed by atoms with E-state index in [1.54, 1.807) is 6.33 Å². The van der Waals surface area contributed by atoms with Crippen molar-refractivity contribution in [2.45, 2.75) is 82.8 Å². The molecule has 134 valence electrons. The standard InChI is InChI=1S/C18H30N4O2/c1-14(2)22-13-19-20-17(22)15-7-6-10-21(12-15)16(23)11-18(24)8-4-3-5-9-18/h13-15,24H,3-12H2,1-2H3.